The van der Waals surface area contributed by atoms with E-state index >= 15 is 0 Å². The van der Waals surface area contributed by atoms with E-state index in [4.69, 9.17) is 10.5 Å². The summed E-state index contributed by atoms with van der Waals surface area (Å²) in [5, 5.41) is 0. The molecule has 0 heterocycles. The first-order valence-electron chi connectivity index (χ1n) is 8.24. The number of rotatable bonds is 5. The lowest BCUT2D eigenvalue weighted by Crippen LogP contribution is -2.19. The second-order valence-electron chi connectivity index (χ2n) is 6.15. The Labute approximate surface area is 143 Å². The molecule has 122 valence electrons. The van der Waals surface area contributed by atoms with Gasteiger partial charge in [0.2, 0.25) is 0 Å². The third kappa shape index (κ3) is 3.84. The summed E-state index contributed by atoms with van der Waals surface area (Å²) in [7, 11) is 0. The summed E-state index contributed by atoms with van der Waals surface area (Å²) in [6.45, 7) is 4.68. The van der Waals surface area contributed by atoms with E-state index in [1.54, 1.807) is 0 Å². The van der Waals surface area contributed by atoms with Crippen molar-refractivity contribution in [2.24, 2.45) is 5.73 Å². The molecule has 2 N–H and O–H groups in total. The lowest BCUT2D eigenvalue weighted by Gasteiger charge is -2.15. The molecule has 0 aliphatic heterocycles. The largest absolute Gasteiger partial charge is 0.492 e. The molecule has 3 aromatic carbocycles. The van der Waals surface area contributed by atoms with Crippen LogP contribution in [0.15, 0.2) is 72.8 Å². The van der Waals surface area contributed by atoms with Crippen molar-refractivity contribution in [1.29, 1.82) is 0 Å². The molecule has 1 atom stereocenters. The molecule has 2 heteroatoms. The van der Waals surface area contributed by atoms with E-state index in [1.165, 1.54) is 22.3 Å². The number of hydrogen-bond acceptors (Lipinski definition) is 2. The van der Waals surface area contributed by atoms with Crippen molar-refractivity contribution in [2.45, 2.75) is 19.9 Å². The molecule has 0 radical (unpaired) electrons. The molecule has 0 spiro atoms. The van der Waals surface area contributed by atoms with Gasteiger partial charge in [0.1, 0.15) is 12.4 Å². The van der Waals surface area contributed by atoms with Crippen molar-refractivity contribution in [3.05, 3.63) is 89.5 Å². The smallest absolute Gasteiger partial charge is 0.119 e. The Bertz CT molecular complexity index is 794. The van der Waals surface area contributed by atoms with E-state index in [0.29, 0.717) is 6.61 Å². The molecule has 3 aromatic rings. The Kier molecular flexibility index (Phi) is 4.97. The molecule has 0 saturated heterocycles. The summed E-state index contributed by atoms with van der Waals surface area (Å²) in [4.78, 5) is 0. The van der Waals surface area contributed by atoms with Gasteiger partial charge >= 0.3 is 0 Å². The highest BCUT2D eigenvalue weighted by molar-refractivity contribution is 5.63. The Morgan fingerprint density at radius 3 is 2.12 bits per heavy atom. The van der Waals surface area contributed by atoms with Crippen LogP contribution in [-0.4, -0.2) is 6.61 Å². The number of hydrogen-bond donors (Lipinski definition) is 1. The lowest BCUT2D eigenvalue weighted by molar-refractivity contribution is 0.290. The molecule has 0 bridgehead atoms. The van der Waals surface area contributed by atoms with Gasteiger partial charge in [-0.2, -0.15) is 0 Å². The first-order valence-corrected chi connectivity index (χ1v) is 8.24. The Morgan fingerprint density at radius 1 is 0.792 bits per heavy atom. The summed E-state index contributed by atoms with van der Waals surface area (Å²) in [5.74, 6) is 0.842. The Morgan fingerprint density at radius 2 is 1.46 bits per heavy atom. The Balaban J connectivity index is 1.63. The second-order valence-corrected chi connectivity index (χ2v) is 6.15. The molecule has 0 aliphatic rings. The first kappa shape index (κ1) is 16.3. The predicted octanol–water partition coefficient (Wildman–Crippen LogP) is 5.05. The van der Waals surface area contributed by atoms with E-state index in [9.17, 15) is 0 Å². The quantitative estimate of drug-likeness (QED) is 0.714. The van der Waals surface area contributed by atoms with Gasteiger partial charge in [0.25, 0.3) is 0 Å². The van der Waals surface area contributed by atoms with Gasteiger partial charge in [-0.15, -0.1) is 0 Å². The normalized spacial score (nSPS) is 12.0. The molecule has 0 aliphatic carbocycles. The maximum atomic E-state index is 6.26. The maximum absolute atomic E-state index is 6.26. The summed E-state index contributed by atoms with van der Waals surface area (Å²) in [5.41, 5.74) is 12.3. The topological polar surface area (TPSA) is 35.2 Å². The first-order chi connectivity index (χ1) is 11.6. The highest BCUT2D eigenvalue weighted by Crippen LogP contribution is 2.23. The van der Waals surface area contributed by atoms with Crippen molar-refractivity contribution < 1.29 is 4.74 Å². The zero-order valence-electron chi connectivity index (χ0n) is 14.2. The molecule has 0 amide bonds. The summed E-state index contributed by atoms with van der Waals surface area (Å²) < 4.78 is 5.86. The predicted molar refractivity (Wildman–Crippen MR) is 100 cm³/mol. The van der Waals surface area contributed by atoms with E-state index in [1.807, 2.05) is 30.3 Å². The summed E-state index contributed by atoms with van der Waals surface area (Å²) in [6.07, 6.45) is 0. The minimum absolute atomic E-state index is 0.127. The van der Waals surface area contributed by atoms with Crippen molar-refractivity contribution in [1.82, 2.24) is 0 Å². The fourth-order valence-corrected chi connectivity index (χ4v) is 2.65. The van der Waals surface area contributed by atoms with Crippen molar-refractivity contribution >= 4 is 0 Å². The van der Waals surface area contributed by atoms with Gasteiger partial charge in [-0.1, -0.05) is 60.7 Å². The van der Waals surface area contributed by atoms with Crippen LogP contribution in [0, 0.1) is 13.8 Å². The minimum atomic E-state index is -0.127. The molecular formula is C22H23NO. The van der Waals surface area contributed by atoms with E-state index < -0.39 is 0 Å². The van der Waals surface area contributed by atoms with Crippen LogP contribution in [0.5, 0.6) is 5.75 Å². The zero-order valence-corrected chi connectivity index (χ0v) is 14.2. The van der Waals surface area contributed by atoms with Crippen molar-refractivity contribution in [2.75, 3.05) is 6.61 Å². The van der Waals surface area contributed by atoms with Crippen LogP contribution in [-0.2, 0) is 0 Å². The van der Waals surface area contributed by atoms with Crippen molar-refractivity contribution in [3.63, 3.8) is 0 Å². The average molecular weight is 317 g/mol. The van der Waals surface area contributed by atoms with Crippen LogP contribution in [0.4, 0.5) is 0 Å². The van der Waals surface area contributed by atoms with Gasteiger partial charge in [0.15, 0.2) is 0 Å². The van der Waals surface area contributed by atoms with Gasteiger partial charge in [-0.3, -0.25) is 0 Å². The SMILES string of the molecule is Cc1ccc(C(N)COc2ccc(-c3ccccc3)cc2)cc1C. The standard InChI is InChI=1S/C22H23NO/c1-16-8-9-20(14-17(16)2)22(23)15-24-21-12-10-19(11-13-21)18-6-4-3-5-7-18/h3-14,22H,15,23H2,1-2H3. The van der Waals surface area contributed by atoms with Crippen LogP contribution in [0.3, 0.4) is 0 Å². The lowest BCUT2D eigenvalue weighted by atomic mass is 10.0. The molecule has 0 fully saturated rings. The monoisotopic (exact) mass is 317 g/mol. The highest BCUT2D eigenvalue weighted by Gasteiger charge is 2.08. The zero-order chi connectivity index (χ0) is 16.9. The molecule has 0 saturated carbocycles. The third-order valence-electron chi connectivity index (χ3n) is 4.35. The third-order valence-corrected chi connectivity index (χ3v) is 4.35. The van der Waals surface area contributed by atoms with Gasteiger partial charge in [0.05, 0.1) is 6.04 Å². The highest BCUT2D eigenvalue weighted by atomic mass is 16.5. The van der Waals surface area contributed by atoms with Crippen LogP contribution < -0.4 is 10.5 Å². The van der Waals surface area contributed by atoms with E-state index in [-0.39, 0.29) is 6.04 Å². The second kappa shape index (κ2) is 7.33. The van der Waals surface area contributed by atoms with Crippen LogP contribution in [0.2, 0.25) is 0 Å². The van der Waals surface area contributed by atoms with E-state index in [2.05, 4.69) is 56.3 Å². The fraction of sp³-hybridized carbons (Fsp3) is 0.182. The number of benzene rings is 3. The van der Waals surface area contributed by atoms with Gasteiger partial charge < -0.3 is 10.5 Å². The van der Waals surface area contributed by atoms with Gasteiger partial charge in [-0.05, 0) is 53.8 Å². The number of aryl methyl sites for hydroxylation is 2. The fourth-order valence-electron chi connectivity index (χ4n) is 2.65. The molecule has 3 rings (SSSR count). The number of ether oxygens (including phenoxy) is 1. The summed E-state index contributed by atoms with van der Waals surface area (Å²) >= 11 is 0. The summed E-state index contributed by atoms with van der Waals surface area (Å²) in [6, 6.07) is 24.7. The minimum Gasteiger partial charge on any atom is -0.492 e. The van der Waals surface area contributed by atoms with Gasteiger partial charge in [0, 0.05) is 0 Å². The molecular weight excluding hydrogens is 294 g/mol. The van der Waals surface area contributed by atoms with Crippen LogP contribution >= 0.6 is 0 Å². The van der Waals surface area contributed by atoms with Crippen LogP contribution in [0.25, 0.3) is 11.1 Å². The van der Waals surface area contributed by atoms with Gasteiger partial charge in [-0.25, -0.2) is 0 Å². The average Bonchev–Trinajstić information content (AvgIpc) is 2.63. The molecule has 1 unspecified atom stereocenters. The Hall–Kier alpha value is -2.58. The maximum Gasteiger partial charge on any atom is 0.119 e. The van der Waals surface area contributed by atoms with Crippen LogP contribution in [0.1, 0.15) is 22.7 Å². The molecule has 2 nitrogen and oxygen atoms in total. The van der Waals surface area contributed by atoms with E-state index in [0.717, 1.165) is 11.3 Å². The van der Waals surface area contributed by atoms with Crippen molar-refractivity contribution in [3.8, 4) is 16.9 Å². The number of nitrogens with two attached hydrogens (primary N) is 1. The molecule has 0 aromatic heterocycles. The molecule has 24 heavy (non-hydrogen) atoms.